The van der Waals surface area contributed by atoms with E-state index in [0.29, 0.717) is 28.7 Å². The molecule has 4 rings (SSSR count). The summed E-state index contributed by atoms with van der Waals surface area (Å²) in [5.74, 6) is 1.50. The molecule has 11 nitrogen and oxygen atoms in total. The molecule has 0 fully saturated rings. The summed E-state index contributed by atoms with van der Waals surface area (Å²) in [6.07, 6.45) is 2.42. The molecule has 0 spiro atoms. The number of carbonyl (C=O) groups excluding carboxylic acids is 2. The molecule has 41 heavy (non-hydrogen) atoms. The van der Waals surface area contributed by atoms with Gasteiger partial charge in [-0.3, -0.25) is 15.1 Å². The molecular weight excluding hydrogens is 524 g/mol. The van der Waals surface area contributed by atoms with Crippen molar-refractivity contribution in [2.24, 2.45) is 0 Å². The van der Waals surface area contributed by atoms with E-state index in [1.807, 2.05) is 39.0 Å². The lowest BCUT2D eigenvalue weighted by Crippen LogP contribution is -2.34. The number of urea groups is 1. The fourth-order valence-corrected chi connectivity index (χ4v) is 3.76. The van der Waals surface area contributed by atoms with Crippen LogP contribution in [0, 0.1) is 0 Å². The van der Waals surface area contributed by atoms with E-state index in [2.05, 4.69) is 20.9 Å². The summed E-state index contributed by atoms with van der Waals surface area (Å²) >= 11 is 0. The van der Waals surface area contributed by atoms with E-state index in [4.69, 9.17) is 14.9 Å². The van der Waals surface area contributed by atoms with Crippen molar-refractivity contribution in [2.75, 3.05) is 23.8 Å². The Hall–Kier alpha value is -4.74. The first kappa shape index (κ1) is 29.2. The minimum Gasteiger partial charge on any atom is -0.457 e. The highest BCUT2D eigenvalue weighted by Crippen LogP contribution is 2.27. The molecule has 1 atom stereocenters. The number of aliphatic hydroxyl groups excluding tert-OH is 2. The highest BCUT2D eigenvalue weighted by Gasteiger charge is 2.22. The molecular formula is C30H34N6O5. The standard InChI is InChI=1S/C30H34N6O5/c1-30(2,3)26-17-27(34-29(40)33-21-6-10-24(11-7-21)41-25-12-14-31-15-13-25)36(35-26)22-8-4-20(5-9-22)16-28(39)32-18-23(38)19-37/h4-15,17,23,37-38H,16,18-19H2,1-3H3,(H,32,39)(H2,33,34,40). The predicted molar refractivity (Wildman–Crippen MR) is 155 cm³/mol. The monoisotopic (exact) mass is 558 g/mol. The maximum absolute atomic E-state index is 12.9. The van der Waals surface area contributed by atoms with E-state index in [-0.39, 0.29) is 24.3 Å². The van der Waals surface area contributed by atoms with Crippen LogP contribution in [0.1, 0.15) is 32.0 Å². The van der Waals surface area contributed by atoms with Gasteiger partial charge in [0.1, 0.15) is 17.3 Å². The zero-order valence-corrected chi connectivity index (χ0v) is 23.2. The topological polar surface area (TPSA) is 151 Å². The van der Waals surface area contributed by atoms with Gasteiger partial charge in [0.05, 0.1) is 30.5 Å². The number of carbonyl (C=O) groups is 2. The van der Waals surface area contributed by atoms with Crippen LogP contribution < -0.4 is 20.7 Å². The van der Waals surface area contributed by atoms with Gasteiger partial charge in [0.25, 0.3) is 0 Å². The fraction of sp³-hybridized carbons (Fsp3) is 0.267. The van der Waals surface area contributed by atoms with Crippen LogP contribution in [0.4, 0.5) is 16.3 Å². The Balaban J connectivity index is 1.44. The second kappa shape index (κ2) is 13.1. The molecule has 0 aliphatic heterocycles. The molecule has 2 aromatic carbocycles. The molecule has 214 valence electrons. The van der Waals surface area contributed by atoms with Crippen molar-refractivity contribution in [1.29, 1.82) is 0 Å². The molecule has 2 aromatic heterocycles. The number of pyridine rings is 1. The van der Waals surface area contributed by atoms with Crippen molar-refractivity contribution < 1.29 is 24.5 Å². The SMILES string of the molecule is CC(C)(C)c1cc(NC(=O)Nc2ccc(Oc3ccncc3)cc2)n(-c2ccc(CC(=O)NCC(O)CO)cc2)n1. The lowest BCUT2D eigenvalue weighted by atomic mass is 9.92. The fourth-order valence-electron chi connectivity index (χ4n) is 3.76. The molecule has 4 aromatic rings. The van der Waals surface area contributed by atoms with E-state index in [1.165, 1.54) is 0 Å². The summed E-state index contributed by atoms with van der Waals surface area (Å²) in [6, 6.07) is 19.1. The lowest BCUT2D eigenvalue weighted by molar-refractivity contribution is -0.121. The first-order chi connectivity index (χ1) is 19.6. The first-order valence-corrected chi connectivity index (χ1v) is 13.1. The zero-order valence-electron chi connectivity index (χ0n) is 23.2. The van der Waals surface area contributed by atoms with Gasteiger partial charge < -0.3 is 25.6 Å². The number of nitrogens with zero attached hydrogens (tertiary/aromatic N) is 3. The number of rotatable bonds is 10. The predicted octanol–water partition coefficient (Wildman–Crippen LogP) is 4.01. The average molecular weight is 559 g/mol. The van der Waals surface area contributed by atoms with Crippen molar-refractivity contribution in [2.45, 2.75) is 38.7 Å². The second-order valence-corrected chi connectivity index (χ2v) is 10.4. The minimum atomic E-state index is -0.993. The summed E-state index contributed by atoms with van der Waals surface area (Å²) in [5.41, 5.74) is 2.57. The van der Waals surface area contributed by atoms with Crippen molar-refractivity contribution >= 4 is 23.4 Å². The number of anilines is 2. The van der Waals surface area contributed by atoms with Crippen LogP contribution in [0.2, 0.25) is 0 Å². The summed E-state index contributed by atoms with van der Waals surface area (Å²) in [7, 11) is 0. The Kier molecular flexibility index (Phi) is 9.33. The third kappa shape index (κ3) is 8.37. The van der Waals surface area contributed by atoms with Gasteiger partial charge in [-0.2, -0.15) is 5.10 Å². The highest BCUT2D eigenvalue weighted by atomic mass is 16.5. The van der Waals surface area contributed by atoms with Crippen LogP contribution in [0.3, 0.4) is 0 Å². The van der Waals surface area contributed by atoms with Gasteiger partial charge in [-0.05, 0) is 54.1 Å². The molecule has 0 radical (unpaired) electrons. The van der Waals surface area contributed by atoms with Gasteiger partial charge in [-0.1, -0.05) is 32.9 Å². The van der Waals surface area contributed by atoms with Gasteiger partial charge in [0.15, 0.2) is 0 Å². The Morgan fingerprint density at radius 1 is 0.951 bits per heavy atom. The van der Waals surface area contributed by atoms with Crippen LogP contribution in [0.15, 0.2) is 79.1 Å². The summed E-state index contributed by atoms with van der Waals surface area (Å²) in [5, 5.41) is 31.3. The molecule has 0 bridgehead atoms. The van der Waals surface area contributed by atoms with Crippen LogP contribution in [-0.2, 0) is 16.6 Å². The zero-order chi connectivity index (χ0) is 29.4. The maximum Gasteiger partial charge on any atom is 0.324 e. The Morgan fingerprint density at radius 2 is 1.61 bits per heavy atom. The summed E-state index contributed by atoms with van der Waals surface area (Å²) in [6.45, 7) is 5.67. The molecule has 0 aliphatic rings. The molecule has 11 heteroatoms. The molecule has 2 heterocycles. The number of benzene rings is 2. The quantitative estimate of drug-likeness (QED) is 0.197. The van der Waals surface area contributed by atoms with Crippen molar-refractivity contribution in [3.05, 3.63) is 90.4 Å². The molecule has 5 N–H and O–H groups in total. The summed E-state index contributed by atoms with van der Waals surface area (Å²) < 4.78 is 7.41. The van der Waals surface area contributed by atoms with E-state index < -0.39 is 18.7 Å². The first-order valence-electron chi connectivity index (χ1n) is 13.1. The number of hydrogen-bond donors (Lipinski definition) is 5. The van der Waals surface area contributed by atoms with Crippen LogP contribution in [0.25, 0.3) is 5.69 Å². The average Bonchev–Trinajstić information content (AvgIpc) is 3.38. The Labute approximate surface area is 238 Å². The van der Waals surface area contributed by atoms with Gasteiger partial charge in [-0.25, -0.2) is 9.48 Å². The third-order valence-corrected chi connectivity index (χ3v) is 6.01. The number of amides is 3. The van der Waals surface area contributed by atoms with Gasteiger partial charge in [0, 0.05) is 36.1 Å². The molecule has 0 saturated carbocycles. The van der Waals surface area contributed by atoms with Gasteiger partial charge >= 0.3 is 6.03 Å². The molecule has 0 aliphatic carbocycles. The minimum absolute atomic E-state index is 0.0170. The smallest absolute Gasteiger partial charge is 0.324 e. The van der Waals surface area contributed by atoms with Crippen molar-refractivity contribution in [3.63, 3.8) is 0 Å². The van der Waals surface area contributed by atoms with Crippen LogP contribution >= 0.6 is 0 Å². The number of aromatic nitrogens is 3. The molecule has 0 saturated heterocycles. The second-order valence-electron chi connectivity index (χ2n) is 10.4. The molecule has 3 amide bonds. The largest absolute Gasteiger partial charge is 0.457 e. The number of hydrogen-bond acceptors (Lipinski definition) is 7. The van der Waals surface area contributed by atoms with E-state index in [9.17, 15) is 14.7 Å². The Bertz CT molecular complexity index is 1450. The number of ether oxygens (including phenoxy) is 1. The van der Waals surface area contributed by atoms with Crippen LogP contribution in [0.5, 0.6) is 11.5 Å². The highest BCUT2D eigenvalue weighted by molar-refractivity contribution is 5.99. The number of nitrogens with one attached hydrogen (secondary N) is 3. The lowest BCUT2D eigenvalue weighted by Gasteiger charge is -2.14. The number of aliphatic hydroxyl groups is 2. The maximum atomic E-state index is 12.9. The van der Waals surface area contributed by atoms with Crippen LogP contribution in [-0.4, -0.2) is 56.2 Å². The van der Waals surface area contributed by atoms with Crippen molar-refractivity contribution in [3.8, 4) is 17.2 Å². The Morgan fingerprint density at radius 3 is 2.24 bits per heavy atom. The normalized spacial score (nSPS) is 11.9. The van der Waals surface area contributed by atoms with E-state index in [1.54, 1.807) is 65.6 Å². The van der Waals surface area contributed by atoms with Gasteiger partial charge in [-0.15, -0.1) is 0 Å². The van der Waals surface area contributed by atoms with Crippen molar-refractivity contribution in [1.82, 2.24) is 20.1 Å². The van der Waals surface area contributed by atoms with Gasteiger partial charge in [0.2, 0.25) is 5.91 Å². The molecule has 1 unspecified atom stereocenters. The summed E-state index contributed by atoms with van der Waals surface area (Å²) in [4.78, 5) is 29.0. The van der Waals surface area contributed by atoms with E-state index in [0.717, 1.165) is 11.3 Å². The van der Waals surface area contributed by atoms with E-state index >= 15 is 0 Å². The third-order valence-electron chi connectivity index (χ3n) is 6.01.